The van der Waals surface area contributed by atoms with Crippen LogP contribution in [0.25, 0.3) is 0 Å². The molecule has 0 radical (unpaired) electrons. The Labute approximate surface area is 281 Å². The number of hydrogen-bond donors (Lipinski definition) is 0. The van der Waals surface area contributed by atoms with Crippen molar-refractivity contribution in [2.45, 2.75) is 52.4 Å². The van der Waals surface area contributed by atoms with E-state index >= 15 is 0 Å². The third-order valence-corrected chi connectivity index (χ3v) is 8.03. The van der Waals surface area contributed by atoms with Gasteiger partial charge >= 0.3 is 29.8 Å². The maximum atomic E-state index is 14.1. The molecule has 2 heterocycles. The molecule has 252 valence electrons. The minimum absolute atomic E-state index is 0.0271. The number of ether oxygens (including phenoxy) is 6. The monoisotopic (exact) mass is 688 g/mol. The van der Waals surface area contributed by atoms with Crippen LogP contribution < -0.4 is 0 Å². The van der Waals surface area contributed by atoms with Crippen LogP contribution in [0.3, 0.4) is 0 Å². The number of thiocarbonyl (C=S) groups is 1. The van der Waals surface area contributed by atoms with E-state index in [0.29, 0.717) is 5.56 Å². The molecule has 0 amide bonds. The van der Waals surface area contributed by atoms with Crippen molar-refractivity contribution < 1.29 is 52.4 Å². The molecular weight excluding hydrogens is 652 g/mol. The molecule has 3 rings (SSSR count). The second-order valence-electron chi connectivity index (χ2n) is 10.7. The van der Waals surface area contributed by atoms with Gasteiger partial charge in [-0.25, -0.2) is 29.0 Å². The number of esters is 5. The third kappa shape index (κ3) is 7.73. The number of nitrogens with zero attached hydrogens (tertiary/aromatic N) is 2. The van der Waals surface area contributed by atoms with Gasteiger partial charge in [0.05, 0.1) is 56.1 Å². The number of methoxy groups -OCH3 is 3. The maximum Gasteiger partial charge on any atom is 0.344 e. The van der Waals surface area contributed by atoms with Crippen LogP contribution in [0.5, 0.6) is 0 Å². The van der Waals surface area contributed by atoms with Gasteiger partial charge in [0.15, 0.2) is 0 Å². The number of rotatable bonds is 10. The van der Waals surface area contributed by atoms with Crippen molar-refractivity contribution in [3.63, 3.8) is 0 Å². The second kappa shape index (κ2) is 15.4. The smallest absolute Gasteiger partial charge is 0.344 e. The molecule has 2 aliphatic rings. The zero-order valence-corrected chi connectivity index (χ0v) is 28.9. The Bertz CT molecular complexity index is 1590. The van der Waals surface area contributed by atoms with E-state index in [-0.39, 0.29) is 40.5 Å². The highest BCUT2D eigenvalue weighted by molar-refractivity contribution is 8.26. The van der Waals surface area contributed by atoms with E-state index in [4.69, 9.17) is 40.6 Å². The van der Waals surface area contributed by atoms with Gasteiger partial charge in [-0.1, -0.05) is 54.3 Å². The largest absolute Gasteiger partial charge is 0.466 e. The Morgan fingerprint density at radius 3 is 2.06 bits per heavy atom. The summed E-state index contributed by atoms with van der Waals surface area (Å²) in [6.07, 6.45) is 0.737. The fourth-order valence-corrected chi connectivity index (χ4v) is 6.27. The van der Waals surface area contributed by atoms with Crippen molar-refractivity contribution in [3.05, 3.63) is 69.2 Å². The number of carbonyl (C=O) groups is 5. The fraction of sp³-hybridized carbons (Fsp3) is 0.406. The van der Waals surface area contributed by atoms with E-state index < -0.39 is 57.8 Å². The van der Waals surface area contributed by atoms with Crippen molar-refractivity contribution in [1.29, 1.82) is 0 Å². The van der Waals surface area contributed by atoms with Crippen LogP contribution in [0.2, 0.25) is 0 Å². The fourth-order valence-electron chi connectivity index (χ4n) is 4.66. The number of hydrogen-bond acceptors (Lipinski definition) is 14. The first-order valence-corrected chi connectivity index (χ1v) is 15.6. The number of aliphatic imine (C=N–C) groups is 1. The lowest BCUT2D eigenvalue weighted by molar-refractivity contribution is -0.143. The predicted molar refractivity (Wildman–Crippen MR) is 175 cm³/mol. The van der Waals surface area contributed by atoms with Gasteiger partial charge in [-0.15, -0.1) is 0 Å². The Kier molecular flexibility index (Phi) is 12.1. The van der Waals surface area contributed by atoms with E-state index in [0.717, 1.165) is 39.2 Å². The number of benzene rings is 1. The topological polar surface area (TPSA) is 156 Å². The van der Waals surface area contributed by atoms with E-state index in [9.17, 15) is 24.0 Å². The molecule has 0 N–H and O–H groups in total. The highest BCUT2D eigenvalue weighted by Gasteiger charge is 2.65. The number of thioether (sulfide) groups is 1. The molecule has 1 aromatic carbocycles. The van der Waals surface area contributed by atoms with Gasteiger partial charge in [-0.3, -0.25) is 0 Å². The highest BCUT2D eigenvalue weighted by atomic mass is 32.2. The first kappa shape index (κ1) is 37.0. The van der Waals surface area contributed by atoms with Gasteiger partial charge in [0, 0.05) is 12.6 Å². The zero-order valence-electron chi connectivity index (χ0n) is 27.3. The molecule has 1 spiro atoms. The molecule has 0 bridgehead atoms. The molecular formula is C32H36N2O11S2. The van der Waals surface area contributed by atoms with Crippen molar-refractivity contribution in [2.75, 3.05) is 34.5 Å². The standard InChI is InChI=1S/C32H36N2O11S2/c1-9-43-28(38)22-23(29(39)44-10-2)32(45-25(22)33-31(3,4)5)24(47-30(46)34(32)17-18-14-12-11-13-15-18)21(27(37)42-8)19(26(36)41-7)16-20(35)40-6/h11-16H,9-10,17H2,1-8H3. The maximum absolute atomic E-state index is 14.1. The molecule has 13 nitrogen and oxygen atoms in total. The van der Waals surface area contributed by atoms with Crippen LogP contribution in [-0.4, -0.2) is 90.8 Å². The summed E-state index contributed by atoms with van der Waals surface area (Å²) in [4.78, 5) is 73.2. The highest BCUT2D eigenvalue weighted by Crippen LogP contribution is 2.56. The van der Waals surface area contributed by atoms with Crippen molar-refractivity contribution >= 4 is 64.0 Å². The van der Waals surface area contributed by atoms with Gasteiger partial charge in [0.25, 0.3) is 5.72 Å². The van der Waals surface area contributed by atoms with E-state index in [1.54, 1.807) is 65.0 Å². The van der Waals surface area contributed by atoms with Gasteiger partial charge in [0.2, 0.25) is 5.90 Å². The molecule has 1 atom stereocenters. The molecule has 15 heteroatoms. The Morgan fingerprint density at radius 2 is 1.53 bits per heavy atom. The summed E-state index contributed by atoms with van der Waals surface area (Å²) in [7, 11) is 3.17. The summed E-state index contributed by atoms with van der Waals surface area (Å²) in [6, 6.07) is 8.96. The molecule has 1 saturated heterocycles. The Balaban J connectivity index is 2.68. The van der Waals surface area contributed by atoms with E-state index in [1.165, 1.54) is 4.90 Å². The predicted octanol–water partition coefficient (Wildman–Crippen LogP) is 3.57. The van der Waals surface area contributed by atoms with Crippen LogP contribution in [0.4, 0.5) is 0 Å². The first-order chi connectivity index (χ1) is 22.2. The van der Waals surface area contributed by atoms with Crippen LogP contribution in [0.1, 0.15) is 40.2 Å². The summed E-state index contributed by atoms with van der Waals surface area (Å²) in [5, 5.41) is 0. The lowest BCUT2D eigenvalue weighted by Crippen LogP contribution is -2.50. The average Bonchev–Trinajstić information content (AvgIpc) is 3.49. The minimum atomic E-state index is -2.26. The average molecular weight is 689 g/mol. The second-order valence-corrected chi connectivity index (χ2v) is 12.4. The molecule has 1 unspecified atom stereocenters. The van der Waals surface area contributed by atoms with Gasteiger partial charge in [-0.2, -0.15) is 0 Å². The summed E-state index contributed by atoms with van der Waals surface area (Å²) >= 11 is 6.61. The Hall–Kier alpha value is -4.50. The minimum Gasteiger partial charge on any atom is -0.466 e. The molecule has 1 fully saturated rings. The van der Waals surface area contributed by atoms with Gasteiger partial charge in [-0.05, 0) is 40.2 Å². The van der Waals surface area contributed by atoms with Gasteiger partial charge < -0.3 is 33.3 Å². The molecule has 2 aliphatic heterocycles. The molecule has 0 aliphatic carbocycles. The van der Waals surface area contributed by atoms with Crippen molar-refractivity contribution in [2.24, 2.45) is 4.99 Å². The van der Waals surface area contributed by atoms with Crippen LogP contribution in [0.15, 0.2) is 68.6 Å². The van der Waals surface area contributed by atoms with Crippen molar-refractivity contribution in [3.8, 4) is 0 Å². The molecule has 0 aromatic heterocycles. The quantitative estimate of drug-likeness (QED) is 0.152. The lowest BCUT2D eigenvalue weighted by atomic mass is 9.92. The summed E-state index contributed by atoms with van der Waals surface area (Å²) in [6.45, 7) is 8.15. The molecule has 0 saturated carbocycles. The van der Waals surface area contributed by atoms with Crippen LogP contribution in [-0.2, 0) is 58.9 Å². The zero-order chi connectivity index (χ0) is 35.1. The van der Waals surface area contributed by atoms with Crippen molar-refractivity contribution in [1.82, 2.24) is 4.90 Å². The first-order valence-electron chi connectivity index (χ1n) is 14.3. The van der Waals surface area contributed by atoms with E-state index in [2.05, 4.69) is 4.99 Å². The van der Waals surface area contributed by atoms with Gasteiger partial charge in [0.1, 0.15) is 15.5 Å². The molecule has 1 aromatic rings. The number of carbonyl (C=O) groups excluding carboxylic acids is 5. The SMILES string of the molecule is CCOC(=O)C1=C(C(=O)OCC)C2(OC1=NC(C)(C)C)C(=C(C(=O)OC)C(=CC(=O)OC)C(=O)OC)SC(=S)N2Cc1ccccc1. The Morgan fingerprint density at radius 1 is 0.936 bits per heavy atom. The third-order valence-electron chi connectivity index (χ3n) is 6.48. The lowest BCUT2D eigenvalue weighted by Gasteiger charge is -2.37. The summed E-state index contributed by atoms with van der Waals surface area (Å²) < 4.78 is 32.3. The summed E-state index contributed by atoms with van der Waals surface area (Å²) in [5.41, 5.74) is -4.36. The van der Waals surface area contributed by atoms with Crippen LogP contribution >= 0.6 is 24.0 Å². The van der Waals surface area contributed by atoms with Crippen LogP contribution in [0, 0.1) is 0 Å². The van der Waals surface area contributed by atoms with E-state index in [1.807, 2.05) is 0 Å². The summed E-state index contributed by atoms with van der Waals surface area (Å²) in [5.74, 6) is -5.54. The molecule has 47 heavy (non-hydrogen) atoms. The normalized spacial score (nSPS) is 19.8.